The van der Waals surface area contributed by atoms with Crippen molar-refractivity contribution in [2.24, 2.45) is 5.92 Å². The lowest BCUT2D eigenvalue weighted by Gasteiger charge is -2.21. The summed E-state index contributed by atoms with van der Waals surface area (Å²) in [6.07, 6.45) is 0.555. The molecule has 2 unspecified atom stereocenters. The van der Waals surface area contributed by atoms with Gasteiger partial charge >= 0.3 is 5.97 Å². The highest BCUT2D eigenvalue weighted by molar-refractivity contribution is 5.86. The molecule has 1 rings (SSSR count). The summed E-state index contributed by atoms with van der Waals surface area (Å²) in [4.78, 5) is 24.1. The van der Waals surface area contributed by atoms with Crippen molar-refractivity contribution in [3.05, 3.63) is 0 Å². The normalized spacial score (nSPS) is 21.7. The minimum Gasteiger partial charge on any atom is -0.465 e. The van der Waals surface area contributed by atoms with Crippen LogP contribution in [-0.4, -0.2) is 53.0 Å². The number of rotatable bonds is 6. The number of aliphatic hydroxyl groups is 2. The van der Waals surface area contributed by atoms with Gasteiger partial charge in [0.15, 0.2) is 6.23 Å². The van der Waals surface area contributed by atoms with Crippen LogP contribution >= 0.6 is 0 Å². The van der Waals surface area contributed by atoms with Gasteiger partial charge in [-0.25, -0.2) is 0 Å². The number of hydrogen-bond acceptors (Lipinski definition) is 5. The van der Waals surface area contributed by atoms with E-state index in [9.17, 15) is 14.7 Å². The molecule has 1 aliphatic rings. The third-order valence-electron chi connectivity index (χ3n) is 2.76. The predicted octanol–water partition coefficient (Wildman–Crippen LogP) is -0.511. The molecular weight excluding hydrogens is 226 g/mol. The molecule has 1 aliphatic heterocycles. The summed E-state index contributed by atoms with van der Waals surface area (Å²) in [6.45, 7) is 1.95. The van der Waals surface area contributed by atoms with E-state index in [1.807, 2.05) is 6.92 Å². The first-order valence-electron chi connectivity index (χ1n) is 5.85. The zero-order chi connectivity index (χ0) is 12.8. The zero-order valence-corrected chi connectivity index (χ0v) is 9.96. The SMILES string of the molecule is CCCCOC(=O)C1CC(=O)N(C(O)CO)C1. The van der Waals surface area contributed by atoms with Crippen molar-refractivity contribution in [3.63, 3.8) is 0 Å². The first kappa shape index (κ1) is 13.9. The molecule has 0 radical (unpaired) electrons. The van der Waals surface area contributed by atoms with E-state index in [0.717, 1.165) is 17.7 Å². The zero-order valence-electron chi connectivity index (χ0n) is 9.96. The Kier molecular flexibility index (Phi) is 5.37. The van der Waals surface area contributed by atoms with Crippen molar-refractivity contribution in [2.45, 2.75) is 32.4 Å². The Bertz CT molecular complexity index is 281. The monoisotopic (exact) mass is 245 g/mol. The summed E-state index contributed by atoms with van der Waals surface area (Å²) in [6, 6.07) is 0. The number of aliphatic hydroxyl groups excluding tert-OH is 2. The van der Waals surface area contributed by atoms with E-state index in [2.05, 4.69) is 0 Å². The number of amides is 1. The Labute approximate surface area is 100 Å². The van der Waals surface area contributed by atoms with E-state index in [0.29, 0.717) is 6.61 Å². The van der Waals surface area contributed by atoms with Gasteiger partial charge in [0.1, 0.15) is 0 Å². The molecule has 0 aliphatic carbocycles. The number of unbranched alkanes of at least 4 members (excludes halogenated alkanes) is 1. The molecule has 0 spiro atoms. The topological polar surface area (TPSA) is 87.1 Å². The molecule has 1 fully saturated rings. The Hall–Kier alpha value is -1.14. The van der Waals surface area contributed by atoms with Gasteiger partial charge in [0, 0.05) is 13.0 Å². The summed E-state index contributed by atoms with van der Waals surface area (Å²) < 4.78 is 5.01. The molecule has 2 atom stereocenters. The van der Waals surface area contributed by atoms with Crippen LogP contribution < -0.4 is 0 Å². The molecule has 1 heterocycles. The van der Waals surface area contributed by atoms with E-state index < -0.39 is 24.7 Å². The molecule has 6 nitrogen and oxygen atoms in total. The number of nitrogens with zero attached hydrogens (tertiary/aromatic N) is 1. The van der Waals surface area contributed by atoms with Crippen molar-refractivity contribution < 1.29 is 24.5 Å². The Balaban J connectivity index is 2.42. The minimum atomic E-state index is -1.23. The molecule has 0 aromatic rings. The van der Waals surface area contributed by atoms with E-state index >= 15 is 0 Å². The maximum atomic E-state index is 11.6. The molecule has 98 valence electrons. The third-order valence-corrected chi connectivity index (χ3v) is 2.76. The van der Waals surface area contributed by atoms with Gasteiger partial charge in [-0.15, -0.1) is 0 Å². The van der Waals surface area contributed by atoms with Gasteiger partial charge in [-0.3, -0.25) is 9.59 Å². The first-order chi connectivity index (χ1) is 8.10. The van der Waals surface area contributed by atoms with Crippen molar-refractivity contribution in [1.82, 2.24) is 4.90 Å². The second-order valence-corrected chi connectivity index (χ2v) is 4.13. The number of likely N-dealkylation sites (tertiary alicyclic amines) is 1. The molecule has 0 aromatic carbocycles. The number of carbonyl (C=O) groups is 2. The maximum absolute atomic E-state index is 11.6. The molecule has 0 aromatic heterocycles. The lowest BCUT2D eigenvalue weighted by molar-refractivity contribution is -0.148. The standard InChI is InChI=1S/C11H19NO5/c1-2-3-4-17-11(16)8-5-9(14)12(6-8)10(15)7-13/h8,10,13,15H,2-7H2,1H3. The van der Waals surface area contributed by atoms with Gasteiger partial charge in [-0.2, -0.15) is 0 Å². The van der Waals surface area contributed by atoms with Gasteiger partial charge < -0.3 is 19.8 Å². The lowest BCUT2D eigenvalue weighted by Crippen LogP contribution is -2.39. The number of esters is 1. The highest BCUT2D eigenvalue weighted by Crippen LogP contribution is 2.20. The van der Waals surface area contributed by atoms with Gasteiger partial charge in [0.05, 0.1) is 19.1 Å². The quantitative estimate of drug-likeness (QED) is 0.486. The highest BCUT2D eigenvalue weighted by Gasteiger charge is 2.37. The Morgan fingerprint density at radius 2 is 2.35 bits per heavy atom. The van der Waals surface area contributed by atoms with Gasteiger partial charge in [0.2, 0.25) is 5.91 Å². The van der Waals surface area contributed by atoms with Crippen LogP contribution in [-0.2, 0) is 14.3 Å². The fourth-order valence-corrected chi connectivity index (χ4v) is 1.71. The molecular formula is C11H19NO5. The van der Waals surface area contributed by atoms with Gasteiger partial charge in [-0.1, -0.05) is 13.3 Å². The molecule has 6 heteroatoms. The fourth-order valence-electron chi connectivity index (χ4n) is 1.71. The van der Waals surface area contributed by atoms with E-state index in [-0.39, 0.29) is 18.9 Å². The van der Waals surface area contributed by atoms with Gasteiger partial charge in [-0.05, 0) is 6.42 Å². The fraction of sp³-hybridized carbons (Fsp3) is 0.818. The molecule has 1 saturated heterocycles. The van der Waals surface area contributed by atoms with Crippen LogP contribution in [0.5, 0.6) is 0 Å². The lowest BCUT2D eigenvalue weighted by atomic mass is 10.1. The highest BCUT2D eigenvalue weighted by atomic mass is 16.5. The largest absolute Gasteiger partial charge is 0.465 e. The first-order valence-corrected chi connectivity index (χ1v) is 5.85. The molecule has 0 saturated carbocycles. The summed E-state index contributed by atoms with van der Waals surface area (Å²) in [7, 11) is 0. The summed E-state index contributed by atoms with van der Waals surface area (Å²) in [5.41, 5.74) is 0. The predicted molar refractivity (Wildman–Crippen MR) is 58.8 cm³/mol. The molecule has 0 bridgehead atoms. The van der Waals surface area contributed by atoms with Crippen LogP contribution in [0.25, 0.3) is 0 Å². The van der Waals surface area contributed by atoms with Crippen molar-refractivity contribution in [2.75, 3.05) is 19.8 Å². The van der Waals surface area contributed by atoms with Crippen LogP contribution in [0.2, 0.25) is 0 Å². The summed E-state index contributed by atoms with van der Waals surface area (Å²) in [5.74, 6) is -1.26. The average molecular weight is 245 g/mol. The van der Waals surface area contributed by atoms with Crippen LogP contribution in [0.4, 0.5) is 0 Å². The van der Waals surface area contributed by atoms with Crippen LogP contribution in [0, 0.1) is 5.92 Å². The molecule has 1 amide bonds. The van der Waals surface area contributed by atoms with Crippen molar-refractivity contribution >= 4 is 11.9 Å². The van der Waals surface area contributed by atoms with Crippen molar-refractivity contribution in [3.8, 4) is 0 Å². The summed E-state index contributed by atoms with van der Waals surface area (Å²) in [5, 5.41) is 18.1. The number of hydrogen-bond donors (Lipinski definition) is 2. The Morgan fingerprint density at radius 1 is 1.65 bits per heavy atom. The minimum absolute atomic E-state index is 0.0437. The van der Waals surface area contributed by atoms with Crippen LogP contribution in [0.1, 0.15) is 26.2 Å². The van der Waals surface area contributed by atoms with E-state index in [1.54, 1.807) is 0 Å². The van der Waals surface area contributed by atoms with E-state index in [4.69, 9.17) is 9.84 Å². The average Bonchev–Trinajstić information content (AvgIpc) is 2.70. The maximum Gasteiger partial charge on any atom is 0.311 e. The van der Waals surface area contributed by atoms with Crippen LogP contribution in [0.15, 0.2) is 0 Å². The summed E-state index contributed by atoms with van der Waals surface area (Å²) >= 11 is 0. The second kappa shape index (κ2) is 6.56. The van der Waals surface area contributed by atoms with Gasteiger partial charge in [0.25, 0.3) is 0 Å². The molecule has 2 N–H and O–H groups in total. The smallest absolute Gasteiger partial charge is 0.311 e. The van der Waals surface area contributed by atoms with Crippen molar-refractivity contribution in [1.29, 1.82) is 0 Å². The number of ether oxygens (including phenoxy) is 1. The number of carbonyl (C=O) groups excluding carboxylic acids is 2. The van der Waals surface area contributed by atoms with Crippen LogP contribution in [0.3, 0.4) is 0 Å². The Morgan fingerprint density at radius 3 is 2.94 bits per heavy atom. The van der Waals surface area contributed by atoms with E-state index in [1.165, 1.54) is 0 Å². The molecule has 17 heavy (non-hydrogen) atoms. The second-order valence-electron chi connectivity index (χ2n) is 4.13. The third kappa shape index (κ3) is 3.67.